The number of carbonyl (C=O) groups excluding carboxylic acids is 4. The van der Waals surface area contributed by atoms with Gasteiger partial charge in [0, 0.05) is 17.0 Å². The number of hydrogen-bond acceptors (Lipinski definition) is 5. The van der Waals surface area contributed by atoms with E-state index in [1.807, 2.05) is 5.32 Å². The molecule has 1 N–H and O–H groups in total. The van der Waals surface area contributed by atoms with Crippen LogP contribution in [0.5, 0.6) is 5.75 Å². The number of urea groups is 1. The van der Waals surface area contributed by atoms with E-state index in [4.69, 9.17) is 4.74 Å². The summed E-state index contributed by atoms with van der Waals surface area (Å²) in [6.07, 6.45) is -3.62. The second-order valence-electron chi connectivity index (χ2n) is 6.28. The lowest BCUT2D eigenvalue weighted by Crippen LogP contribution is -2.54. The molecule has 31 heavy (non-hydrogen) atoms. The molecule has 0 spiro atoms. The fraction of sp³-hybridized carbons (Fsp3) is 0.100. The van der Waals surface area contributed by atoms with E-state index in [0.717, 1.165) is 31.2 Å². The number of carbonyl (C=O) groups is 4. The molecular weight excluding hydrogens is 485 g/mol. The van der Waals surface area contributed by atoms with Gasteiger partial charge >= 0.3 is 18.2 Å². The predicted octanol–water partition coefficient (Wildman–Crippen LogP) is 4.06. The van der Waals surface area contributed by atoms with Crippen molar-refractivity contribution < 1.29 is 37.1 Å². The molecule has 4 amide bonds. The molecule has 0 radical (unpaired) electrons. The molecule has 0 aliphatic carbocycles. The summed E-state index contributed by atoms with van der Waals surface area (Å²) in [6, 6.07) is 6.80. The summed E-state index contributed by atoms with van der Waals surface area (Å²) >= 11 is 3.22. The number of benzene rings is 2. The third-order valence-electron chi connectivity index (χ3n) is 4.06. The van der Waals surface area contributed by atoms with Crippen molar-refractivity contribution in [3.63, 3.8) is 0 Å². The first-order valence-corrected chi connectivity index (χ1v) is 9.33. The monoisotopic (exact) mass is 496 g/mol. The van der Waals surface area contributed by atoms with E-state index in [-0.39, 0.29) is 17.0 Å². The molecule has 0 unspecified atom stereocenters. The molecule has 11 heteroatoms. The highest BCUT2D eigenvalue weighted by Crippen LogP contribution is 2.33. The summed E-state index contributed by atoms with van der Waals surface area (Å²) in [5.74, 6) is -2.80. The van der Waals surface area contributed by atoms with E-state index in [9.17, 15) is 32.3 Å². The molecule has 3 rings (SSSR count). The van der Waals surface area contributed by atoms with Gasteiger partial charge in [0.1, 0.15) is 11.3 Å². The lowest BCUT2D eigenvalue weighted by Gasteiger charge is -2.27. The van der Waals surface area contributed by atoms with E-state index >= 15 is 0 Å². The molecule has 1 heterocycles. The molecule has 0 atom stereocenters. The topological polar surface area (TPSA) is 92.8 Å². The first kappa shape index (κ1) is 22.2. The average molecular weight is 497 g/mol. The van der Waals surface area contributed by atoms with Crippen LogP contribution in [0.15, 0.2) is 52.5 Å². The van der Waals surface area contributed by atoms with Crippen LogP contribution in [0.25, 0.3) is 6.08 Å². The molecule has 1 aliphatic rings. The van der Waals surface area contributed by atoms with Gasteiger partial charge in [-0.2, -0.15) is 13.2 Å². The van der Waals surface area contributed by atoms with Gasteiger partial charge in [-0.15, -0.1) is 0 Å². The zero-order valence-electron chi connectivity index (χ0n) is 15.6. The van der Waals surface area contributed by atoms with Gasteiger partial charge in [0.25, 0.3) is 11.8 Å². The largest absolute Gasteiger partial charge is 0.426 e. The van der Waals surface area contributed by atoms with Gasteiger partial charge in [-0.05, 0) is 42.5 Å². The highest BCUT2D eigenvalue weighted by atomic mass is 79.9. The molecule has 0 bridgehead atoms. The van der Waals surface area contributed by atoms with Gasteiger partial charge in [0.2, 0.25) is 0 Å². The highest BCUT2D eigenvalue weighted by molar-refractivity contribution is 9.10. The molecule has 1 fully saturated rings. The number of anilines is 1. The summed E-state index contributed by atoms with van der Waals surface area (Å²) in [4.78, 5) is 49.2. The zero-order valence-corrected chi connectivity index (χ0v) is 17.2. The van der Waals surface area contributed by atoms with Crippen LogP contribution in [0.2, 0.25) is 0 Å². The van der Waals surface area contributed by atoms with Crippen LogP contribution in [-0.4, -0.2) is 23.8 Å². The third kappa shape index (κ3) is 4.82. The van der Waals surface area contributed by atoms with Crippen LogP contribution in [-0.2, 0) is 20.6 Å². The van der Waals surface area contributed by atoms with Gasteiger partial charge in [-0.25, -0.2) is 9.69 Å². The fourth-order valence-corrected chi connectivity index (χ4v) is 3.13. The first-order valence-electron chi connectivity index (χ1n) is 8.54. The van der Waals surface area contributed by atoms with Gasteiger partial charge in [-0.3, -0.25) is 19.7 Å². The predicted molar refractivity (Wildman–Crippen MR) is 106 cm³/mol. The van der Waals surface area contributed by atoms with Crippen LogP contribution >= 0.6 is 15.9 Å². The second kappa shape index (κ2) is 8.34. The minimum absolute atomic E-state index is 0.0336. The van der Waals surface area contributed by atoms with Crippen molar-refractivity contribution in [3.05, 3.63) is 63.6 Å². The molecule has 0 aromatic heterocycles. The van der Waals surface area contributed by atoms with Crippen LogP contribution in [0.3, 0.4) is 0 Å². The molecule has 1 saturated heterocycles. The summed E-state index contributed by atoms with van der Waals surface area (Å²) in [5, 5.41) is 1.92. The summed E-state index contributed by atoms with van der Waals surface area (Å²) in [7, 11) is 0. The van der Waals surface area contributed by atoms with Crippen molar-refractivity contribution in [1.29, 1.82) is 0 Å². The van der Waals surface area contributed by atoms with Crippen LogP contribution < -0.4 is 15.0 Å². The Morgan fingerprint density at radius 3 is 2.48 bits per heavy atom. The van der Waals surface area contributed by atoms with E-state index in [1.165, 1.54) is 12.1 Å². The number of nitrogens with zero attached hydrogens (tertiary/aromatic N) is 1. The van der Waals surface area contributed by atoms with Crippen LogP contribution in [0.4, 0.5) is 23.7 Å². The molecule has 0 saturated carbocycles. The summed E-state index contributed by atoms with van der Waals surface area (Å²) in [5.41, 5.74) is -1.83. The Bertz CT molecular complexity index is 1140. The molecule has 1 aliphatic heterocycles. The molecule has 2 aromatic carbocycles. The Balaban J connectivity index is 2.07. The van der Waals surface area contributed by atoms with Gasteiger partial charge in [0.05, 0.1) is 11.3 Å². The standard InChI is InChI=1S/C20H12BrF3N2O5/c1-10(27)31-16-6-5-13(21)7-11(16)8-15-17(28)25-19(30)26(18(15)29)14-4-2-3-12(9-14)20(22,23)24/h2-9H,1H3,(H,25,28,30)/b15-8-. The summed E-state index contributed by atoms with van der Waals surface area (Å²) < 4.78 is 44.7. The number of rotatable bonds is 3. The Hall–Kier alpha value is -3.47. The Morgan fingerprint density at radius 2 is 1.84 bits per heavy atom. The molecule has 160 valence electrons. The van der Waals surface area contributed by atoms with Crippen LogP contribution in [0.1, 0.15) is 18.1 Å². The van der Waals surface area contributed by atoms with E-state index in [0.29, 0.717) is 15.4 Å². The smallest absolute Gasteiger partial charge is 0.416 e. The maximum Gasteiger partial charge on any atom is 0.416 e. The lowest BCUT2D eigenvalue weighted by atomic mass is 10.1. The SMILES string of the molecule is CC(=O)Oc1ccc(Br)cc1/C=C1/C(=O)NC(=O)N(c2cccc(C(F)(F)F)c2)C1=O. The number of nitrogens with one attached hydrogen (secondary N) is 1. The molecule has 7 nitrogen and oxygen atoms in total. The maximum absolute atomic E-state index is 13.0. The van der Waals surface area contributed by atoms with E-state index < -0.39 is 41.1 Å². The van der Waals surface area contributed by atoms with Crippen molar-refractivity contribution in [2.24, 2.45) is 0 Å². The summed E-state index contributed by atoms with van der Waals surface area (Å²) in [6.45, 7) is 1.16. The van der Waals surface area contributed by atoms with Gasteiger partial charge < -0.3 is 4.74 Å². The number of hydrogen-bond donors (Lipinski definition) is 1. The van der Waals surface area contributed by atoms with Crippen LogP contribution in [0, 0.1) is 0 Å². The Labute approximate surface area is 181 Å². The first-order chi connectivity index (χ1) is 14.5. The molecule has 2 aromatic rings. The van der Waals surface area contributed by atoms with Crippen molar-refractivity contribution in [2.75, 3.05) is 4.90 Å². The number of imide groups is 2. The zero-order chi connectivity index (χ0) is 22.9. The van der Waals surface area contributed by atoms with Gasteiger partial charge in [-0.1, -0.05) is 22.0 Å². The van der Waals surface area contributed by atoms with E-state index in [1.54, 1.807) is 6.07 Å². The lowest BCUT2D eigenvalue weighted by molar-refractivity contribution is -0.137. The normalized spacial score (nSPS) is 15.8. The number of esters is 1. The van der Waals surface area contributed by atoms with Gasteiger partial charge in [0.15, 0.2) is 0 Å². The Morgan fingerprint density at radius 1 is 1.13 bits per heavy atom. The van der Waals surface area contributed by atoms with Crippen molar-refractivity contribution in [2.45, 2.75) is 13.1 Å². The number of amides is 4. The number of halogens is 4. The van der Waals surface area contributed by atoms with Crippen molar-refractivity contribution in [3.8, 4) is 5.75 Å². The second-order valence-corrected chi connectivity index (χ2v) is 7.20. The minimum atomic E-state index is -4.70. The number of barbiturate groups is 1. The van der Waals surface area contributed by atoms with E-state index in [2.05, 4.69) is 15.9 Å². The Kier molecular flexibility index (Phi) is 5.98. The minimum Gasteiger partial charge on any atom is -0.426 e. The third-order valence-corrected chi connectivity index (χ3v) is 4.55. The molecular formula is C20H12BrF3N2O5. The number of alkyl halides is 3. The number of ether oxygens (including phenoxy) is 1. The van der Waals surface area contributed by atoms with Crippen molar-refractivity contribution >= 4 is 51.5 Å². The fourth-order valence-electron chi connectivity index (χ4n) is 2.75. The highest BCUT2D eigenvalue weighted by Gasteiger charge is 2.38. The average Bonchev–Trinajstić information content (AvgIpc) is 2.66. The quantitative estimate of drug-likeness (QED) is 0.299. The van der Waals surface area contributed by atoms with Crippen molar-refractivity contribution in [1.82, 2.24) is 5.32 Å². The maximum atomic E-state index is 13.0.